The fourth-order valence-electron chi connectivity index (χ4n) is 0.650. The molecule has 6 heteroatoms. The summed E-state index contributed by atoms with van der Waals surface area (Å²) in [5.41, 5.74) is 8.14. The molecule has 60 valence electrons. The molecule has 1 rings (SSSR count). The average Bonchev–Trinajstić information content (AvgIpc) is 2.05. The molecule has 0 aliphatic rings. The van der Waals surface area contributed by atoms with Crippen LogP contribution in [-0.2, 0) is 0 Å². The third-order valence-electron chi connectivity index (χ3n) is 1.12. The molecule has 1 N–H and O–H groups in total. The molecule has 0 amide bonds. The summed E-state index contributed by atoms with van der Waals surface area (Å²) in [6, 6.07) is 2.62. The van der Waals surface area contributed by atoms with Crippen molar-refractivity contribution in [3.05, 3.63) is 34.5 Å². The Labute approximate surface area is 67.1 Å². The van der Waals surface area contributed by atoms with Crippen molar-refractivity contribution >= 4 is 11.7 Å². The summed E-state index contributed by atoms with van der Waals surface area (Å²) in [5, 5.41) is 11.7. The first-order valence-corrected chi connectivity index (χ1v) is 2.98. The van der Waals surface area contributed by atoms with E-state index in [1.807, 2.05) is 0 Å². The van der Waals surface area contributed by atoms with E-state index in [9.17, 15) is 4.79 Å². The van der Waals surface area contributed by atoms with Gasteiger partial charge in [-0.3, -0.25) is 0 Å². The van der Waals surface area contributed by atoms with E-state index in [2.05, 4.69) is 15.0 Å². The maximum absolute atomic E-state index is 10.4. The molecule has 0 radical (unpaired) electrons. The number of aromatic carboxylic acids is 1. The van der Waals surface area contributed by atoms with E-state index in [1.165, 1.54) is 18.3 Å². The molecular weight excluding hydrogens is 160 g/mol. The summed E-state index contributed by atoms with van der Waals surface area (Å²) >= 11 is 0. The highest BCUT2D eigenvalue weighted by Gasteiger charge is 2.02. The van der Waals surface area contributed by atoms with E-state index in [1.54, 1.807) is 0 Å². The highest BCUT2D eigenvalue weighted by Crippen LogP contribution is 2.11. The van der Waals surface area contributed by atoms with Gasteiger partial charge in [0.2, 0.25) is 0 Å². The Morgan fingerprint density at radius 3 is 3.08 bits per heavy atom. The molecule has 12 heavy (non-hydrogen) atoms. The van der Waals surface area contributed by atoms with Gasteiger partial charge in [0, 0.05) is 16.8 Å². The lowest BCUT2D eigenvalue weighted by Gasteiger charge is -1.92. The summed E-state index contributed by atoms with van der Waals surface area (Å²) in [6.07, 6.45) is 1.27. The van der Waals surface area contributed by atoms with Crippen LogP contribution in [0.3, 0.4) is 0 Å². The molecule has 0 saturated heterocycles. The minimum Gasteiger partial charge on any atom is -0.477 e. The first-order valence-electron chi connectivity index (χ1n) is 2.98. The smallest absolute Gasteiger partial charge is 0.354 e. The van der Waals surface area contributed by atoms with Crippen LogP contribution >= 0.6 is 0 Å². The van der Waals surface area contributed by atoms with Crippen LogP contribution < -0.4 is 0 Å². The van der Waals surface area contributed by atoms with Gasteiger partial charge in [-0.25, -0.2) is 9.78 Å². The Kier molecular flexibility index (Phi) is 2.25. The van der Waals surface area contributed by atoms with Gasteiger partial charge in [0.1, 0.15) is 5.69 Å². The van der Waals surface area contributed by atoms with E-state index in [-0.39, 0.29) is 11.4 Å². The second kappa shape index (κ2) is 3.36. The van der Waals surface area contributed by atoms with E-state index in [0.29, 0.717) is 0 Å². The van der Waals surface area contributed by atoms with Gasteiger partial charge in [0.25, 0.3) is 0 Å². The molecule has 0 atom stereocenters. The number of carboxylic acids is 1. The topological polar surface area (TPSA) is 99.0 Å². The summed E-state index contributed by atoms with van der Waals surface area (Å²) in [4.78, 5) is 16.4. The maximum Gasteiger partial charge on any atom is 0.354 e. The third-order valence-corrected chi connectivity index (χ3v) is 1.12. The molecule has 0 unspecified atom stereocenters. The Hall–Kier alpha value is -2.07. The number of hydrogen-bond donors (Lipinski definition) is 1. The van der Waals surface area contributed by atoms with Crippen molar-refractivity contribution in [3.8, 4) is 0 Å². The zero-order valence-corrected chi connectivity index (χ0v) is 5.88. The van der Waals surface area contributed by atoms with Crippen LogP contribution in [0.1, 0.15) is 10.5 Å². The first-order chi connectivity index (χ1) is 5.74. The lowest BCUT2D eigenvalue weighted by molar-refractivity contribution is 0.0690. The van der Waals surface area contributed by atoms with Crippen molar-refractivity contribution in [2.75, 3.05) is 0 Å². The fraction of sp³-hybridized carbons (Fsp3) is 0. The van der Waals surface area contributed by atoms with Gasteiger partial charge in [-0.1, -0.05) is 5.11 Å². The van der Waals surface area contributed by atoms with Gasteiger partial charge in [-0.2, -0.15) is 0 Å². The van der Waals surface area contributed by atoms with Gasteiger partial charge in [0.15, 0.2) is 0 Å². The van der Waals surface area contributed by atoms with Gasteiger partial charge >= 0.3 is 5.97 Å². The van der Waals surface area contributed by atoms with Crippen molar-refractivity contribution < 1.29 is 9.90 Å². The van der Waals surface area contributed by atoms with Gasteiger partial charge in [-0.15, -0.1) is 0 Å². The summed E-state index contributed by atoms with van der Waals surface area (Å²) in [6.45, 7) is 0. The van der Waals surface area contributed by atoms with Crippen LogP contribution in [0, 0.1) is 0 Å². The van der Waals surface area contributed by atoms with Crippen molar-refractivity contribution in [1.29, 1.82) is 0 Å². The minimum atomic E-state index is -1.15. The SMILES string of the molecule is [N-]=[N+]=Nc1ccnc(C(=O)O)c1. The summed E-state index contributed by atoms with van der Waals surface area (Å²) in [5.74, 6) is -1.15. The van der Waals surface area contributed by atoms with Crippen molar-refractivity contribution in [1.82, 2.24) is 4.98 Å². The maximum atomic E-state index is 10.4. The minimum absolute atomic E-state index is 0.139. The molecule has 0 fully saturated rings. The molecule has 6 nitrogen and oxygen atoms in total. The average molecular weight is 164 g/mol. The molecule has 0 aromatic carbocycles. The van der Waals surface area contributed by atoms with E-state index < -0.39 is 5.97 Å². The number of rotatable bonds is 2. The molecule has 1 aromatic heterocycles. The Morgan fingerprint density at radius 2 is 2.50 bits per heavy atom. The number of carbonyl (C=O) groups is 1. The second-order valence-electron chi connectivity index (χ2n) is 1.89. The molecule has 0 spiro atoms. The van der Waals surface area contributed by atoms with Crippen LogP contribution in [-0.4, -0.2) is 16.1 Å². The van der Waals surface area contributed by atoms with Crippen LogP contribution in [0.4, 0.5) is 5.69 Å². The lowest BCUT2D eigenvalue weighted by Crippen LogP contribution is -1.98. The highest BCUT2D eigenvalue weighted by molar-refractivity contribution is 5.86. The molecule has 0 saturated carbocycles. The normalized spacial score (nSPS) is 8.67. The number of carboxylic acid groups (broad SMARTS) is 1. The van der Waals surface area contributed by atoms with Crippen molar-refractivity contribution in [3.63, 3.8) is 0 Å². The Balaban J connectivity index is 3.11. The van der Waals surface area contributed by atoms with Crippen LogP contribution in [0.25, 0.3) is 10.4 Å². The molecule has 1 aromatic rings. The third kappa shape index (κ3) is 1.71. The number of hydrogen-bond acceptors (Lipinski definition) is 3. The molecule has 0 bridgehead atoms. The number of pyridine rings is 1. The first kappa shape index (κ1) is 8.03. The quantitative estimate of drug-likeness (QED) is 0.409. The van der Waals surface area contributed by atoms with Crippen LogP contribution in [0.15, 0.2) is 23.4 Å². The zero-order valence-electron chi connectivity index (χ0n) is 5.88. The monoisotopic (exact) mass is 164 g/mol. The number of nitrogens with zero attached hydrogens (tertiary/aromatic N) is 4. The van der Waals surface area contributed by atoms with E-state index >= 15 is 0 Å². The molecule has 0 aliphatic heterocycles. The van der Waals surface area contributed by atoms with Crippen molar-refractivity contribution in [2.24, 2.45) is 5.11 Å². The van der Waals surface area contributed by atoms with E-state index in [0.717, 1.165) is 0 Å². The number of azide groups is 1. The lowest BCUT2D eigenvalue weighted by atomic mass is 10.3. The van der Waals surface area contributed by atoms with Gasteiger partial charge in [0.05, 0.1) is 0 Å². The summed E-state index contributed by atoms with van der Waals surface area (Å²) in [7, 11) is 0. The highest BCUT2D eigenvalue weighted by atomic mass is 16.4. The molecular formula is C6H4N4O2. The Bertz CT molecular complexity index is 339. The predicted molar refractivity (Wildman–Crippen MR) is 40.0 cm³/mol. The predicted octanol–water partition coefficient (Wildman–Crippen LogP) is 1.72. The number of aromatic nitrogens is 1. The van der Waals surface area contributed by atoms with Gasteiger partial charge in [-0.05, 0) is 17.7 Å². The fourth-order valence-corrected chi connectivity index (χ4v) is 0.650. The van der Waals surface area contributed by atoms with E-state index in [4.69, 9.17) is 10.6 Å². The standard InChI is InChI=1S/C6H4N4O2/c7-10-9-4-1-2-8-5(3-4)6(11)12/h1-3H,(H,11,12). The molecule has 0 aliphatic carbocycles. The largest absolute Gasteiger partial charge is 0.477 e. The zero-order chi connectivity index (χ0) is 8.97. The van der Waals surface area contributed by atoms with Gasteiger partial charge < -0.3 is 5.11 Å². The second-order valence-corrected chi connectivity index (χ2v) is 1.89. The summed E-state index contributed by atoms with van der Waals surface area (Å²) < 4.78 is 0. The van der Waals surface area contributed by atoms with Crippen LogP contribution in [0.5, 0.6) is 0 Å². The molecule has 1 heterocycles. The van der Waals surface area contributed by atoms with Crippen molar-refractivity contribution in [2.45, 2.75) is 0 Å². The Morgan fingerprint density at radius 1 is 1.75 bits per heavy atom. The van der Waals surface area contributed by atoms with Crippen LogP contribution in [0.2, 0.25) is 0 Å².